The first-order valence-corrected chi connectivity index (χ1v) is 20.5. The van der Waals surface area contributed by atoms with Crippen molar-refractivity contribution in [3.8, 4) is 0 Å². The number of carboxylic acid groups (broad SMARTS) is 4. The summed E-state index contributed by atoms with van der Waals surface area (Å²) < 4.78 is 9.45. The van der Waals surface area contributed by atoms with Gasteiger partial charge in [-0.25, -0.2) is 9.59 Å². The first kappa shape index (κ1) is 67.8. The third-order valence-corrected chi connectivity index (χ3v) is 8.79. The number of carboxylic acids is 4. The van der Waals surface area contributed by atoms with E-state index in [1.807, 2.05) is 0 Å². The molecule has 19 heteroatoms. The van der Waals surface area contributed by atoms with Gasteiger partial charge in [-0.05, 0) is 39.5 Å². The maximum absolute atomic E-state index is 11.0. The fourth-order valence-corrected chi connectivity index (χ4v) is 4.48. The molecule has 0 rings (SSSR count). The van der Waals surface area contributed by atoms with E-state index in [-0.39, 0.29) is 101 Å². The van der Waals surface area contributed by atoms with Gasteiger partial charge in [0, 0.05) is 36.8 Å². The molecule has 354 valence electrons. The van der Waals surface area contributed by atoms with Gasteiger partial charge in [0.2, 0.25) is 0 Å². The van der Waals surface area contributed by atoms with Gasteiger partial charge in [-0.2, -0.15) is 0 Å². The van der Waals surface area contributed by atoms with Crippen molar-refractivity contribution in [2.75, 3.05) is 52.9 Å². The van der Waals surface area contributed by atoms with E-state index in [0.717, 1.165) is 103 Å². The van der Waals surface area contributed by atoms with Crippen LogP contribution in [0.4, 0.5) is 0 Å². The van der Waals surface area contributed by atoms with Crippen molar-refractivity contribution in [1.29, 1.82) is 0 Å². The van der Waals surface area contributed by atoms with Crippen LogP contribution in [0.15, 0.2) is 24.3 Å². The summed E-state index contributed by atoms with van der Waals surface area (Å²) in [6.07, 6.45) is 17.0. The Morgan fingerprint density at radius 2 is 0.541 bits per heavy atom. The molecular weight excluding hydrogens is 832 g/mol. The van der Waals surface area contributed by atoms with Crippen LogP contribution in [-0.2, 0) is 38.2 Å². The van der Waals surface area contributed by atoms with Gasteiger partial charge in [0.05, 0.1) is 50.5 Å². The number of carbonyl (C=O) groups is 6. The van der Waals surface area contributed by atoms with E-state index in [2.05, 4.69) is 13.2 Å². The second-order valence-electron chi connectivity index (χ2n) is 14.9. The number of aliphatic carboxylic acids is 4. The molecule has 0 radical (unpaired) electrons. The minimum absolute atomic E-state index is 0. The number of hydrogen-bond acceptors (Lipinski definition) is 14. The van der Waals surface area contributed by atoms with E-state index in [4.69, 9.17) is 60.5 Å². The summed E-state index contributed by atoms with van der Waals surface area (Å²) in [5, 5.41) is 87.0. The summed E-state index contributed by atoms with van der Waals surface area (Å²) in [4.78, 5) is 62.8. The van der Waals surface area contributed by atoms with Crippen LogP contribution in [0.1, 0.15) is 142 Å². The van der Waals surface area contributed by atoms with E-state index in [0.29, 0.717) is 0 Å². The fourth-order valence-electron chi connectivity index (χ4n) is 4.48. The standard InChI is InChI=1S/2C12H22O4.2C9H16O5.K.H/c2*13-11(14)9-7-5-3-1-2-4-6-8-10-12(15)16;2*1-7(2)8(13)14-6-9(3-10,4-11)5-12;;/h2*1-10H2,(H,13,14)(H,15,16);2*10-12H,1,3-6H2,2H3;;. The Hall–Kier alpha value is -2.30. The van der Waals surface area contributed by atoms with Crippen LogP contribution in [-0.4, -0.2) is 191 Å². The quantitative estimate of drug-likeness (QED) is 0.0191. The van der Waals surface area contributed by atoms with Gasteiger partial charge in [0.15, 0.2) is 0 Å². The Bertz CT molecular complexity index is 1030. The van der Waals surface area contributed by atoms with Gasteiger partial charge in [-0.3, -0.25) is 19.2 Å². The number of hydrogen-bond donors (Lipinski definition) is 10. The topological polar surface area (TPSA) is 323 Å². The second kappa shape index (κ2) is 45.7. The molecule has 0 amide bonds. The Balaban J connectivity index is -0.000000228. The van der Waals surface area contributed by atoms with Crippen molar-refractivity contribution in [2.45, 2.75) is 142 Å². The normalized spacial score (nSPS) is 10.5. The molecule has 0 aliphatic rings. The number of aliphatic hydroxyl groups excluding tert-OH is 6. The second-order valence-corrected chi connectivity index (χ2v) is 14.9. The fraction of sp³-hybridized carbons (Fsp3) is 0.762. The molecule has 0 unspecified atom stereocenters. The van der Waals surface area contributed by atoms with Crippen LogP contribution in [0.3, 0.4) is 0 Å². The first-order chi connectivity index (χ1) is 28.3. The summed E-state index contributed by atoms with van der Waals surface area (Å²) in [6, 6.07) is 0. The Labute approximate surface area is 403 Å². The zero-order valence-corrected chi connectivity index (χ0v) is 36.0. The number of esters is 2. The summed E-state index contributed by atoms with van der Waals surface area (Å²) in [5.41, 5.74) is -1.89. The Morgan fingerprint density at radius 1 is 0.377 bits per heavy atom. The molecule has 0 aliphatic carbocycles. The van der Waals surface area contributed by atoms with Crippen molar-refractivity contribution in [3.63, 3.8) is 0 Å². The van der Waals surface area contributed by atoms with Crippen molar-refractivity contribution in [1.82, 2.24) is 0 Å². The molecule has 0 saturated heterocycles. The summed E-state index contributed by atoms with van der Waals surface area (Å²) in [5.74, 6) is -4.07. The summed E-state index contributed by atoms with van der Waals surface area (Å²) in [7, 11) is 0. The number of carbonyl (C=O) groups excluding carboxylic acids is 2. The van der Waals surface area contributed by atoms with Crippen LogP contribution in [0, 0.1) is 10.8 Å². The van der Waals surface area contributed by atoms with Crippen LogP contribution in [0.2, 0.25) is 0 Å². The zero-order chi connectivity index (χ0) is 46.8. The first-order valence-electron chi connectivity index (χ1n) is 20.5. The molecule has 0 heterocycles. The molecule has 10 N–H and O–H groups in total. The molecule has 0 aromatic carbocycles. The van der Waals surface area contributed by atoms with Gasteiger partial charge in [0.25, 0.3) is 0 Å². The molecule has 18 nitrogen and oxygen atoms in total. The molecule has 0 atom stereocenters. The average molecular weight is 909 g/mol. The van der Waals surface area contributed by atoms with Gasteiger partial charge >= 0.3 is 87.2 Å². The zero-order valence-electron chi connectivity index (χ0n) is 36.0. The molecule has 61 heavy (non-hydrogen) atoms. The third-order valence-electron chi connectivity index (χ3n) is 8.79. The molecule has 0 saturated carbocycles. The number of unbranched alkanes of at least 4 members (excludes halogenated alkanes) is 14. The number of ether oxygens (including phenoxy) is 2. The van der Waals surface area contributed by atoms with Crippen LogP contribution in [0.5, 0.6) is 0 Å². The van der Waals surface area contributed by atoms with Crippen molar-refractivity contribution >= 4 is 87.2 Å². The van der Waals surface area contributed by atoms with E-state index in [9.17, 15) is 28.8 Å². The van der Waals surface area contributed by atoms with E-state index in [1.54, 1.807) is 0 Å². The van der Waals surface area contributed by atoms with E-state index in [1.165, 1.54) is 13.8 Å². The van der Waals surface area contributed by atoms with Gasteiger partial charge < -0.3 is 60.5 Å². The molecule has 0 fully saturated rings. The van der Waals surface area contributed by atoms with Crippen LogP contribution in [0.25, 0.3) is 0 Å². The predicted octanol–water partition coefficient (Wildman–Crippen LogP) is 3.60. The minimum atomic E-state index is -1.18. The number of aliphatic hydroxyl groups is 6. The Morgan fingerprint density at radius 3 is 0.672 bits per heavy atom. The number of rotatable bonds is 34. The van der Waals surface area contributed by atoms with Crippen molar-refractivity contribution in [3.05, 3.63) is 24.3 Å². The van der Waals surface area contributed by atoms with Crippen molar-refractivity contribution < 1.29 is 89.3 Å². The average Bonchev–Trinajstić information content (AvgIpc) is 3.20. The van der Waals surface area contributed by atoms with E-state index >= 15 is 0 Å². The molecule has 0 aromatic heterocycles. The molecular formula is C42H77KO18. The van der Waals surface area contributed by atoms with Gasteiger partial charge in [-0.15, -0.1) is 0 Å². The molecule has 0 spiro atoms. The monoisotopic (exact) mass is 908 g/mol. The Kier molecular flexibility index (Phi) is 50.8. The predicted molar refractivity (Wildman–Crippen MR) is 229 cm³/mol. The van der Waals surface area contributed by atoms with Crippen LogP contribution < -0.4 is 0 Å². The maximum atomic E-state index is 11.0. The van der Waals surface area contributed by atoms with Gasteiger partial charge in [0.1, 0.15) is 13.2 Å². The van der Waals surface area contributed by atoms with Gasteiger partial charge in [-0.1, -0.05) is 90.2 Å². The molecule has 0 bridgehead atoms. The SMILES string of the molecule is C=C(C)C(=O)OCC(CO)(CO)CO.C=C(C)C(=O)OCC(CO)(CO)CO.O=C(O)CCCCCCCCCCC(=O)O.O=C(O)CCCCCCCCCCC(=O)O.[KH]. The van der Waals surface area contributed by atoms with E-state index < -0.39 is 86.3 Å². The molecule has 0 aliphatic heterocycles. The summed E-state index contributed by atoms with van der Waals surface area (Å²) in [6.45, 7) is 6.52. The third kappa shape index (κ3) is 47.0. The van der Waals surface area contributed by atoms with Crippen molar-refractivity contribution in [2.24, 2.45) is 10.8 Å². The van der Waals surface area contributed by atoms with Crippen LogP contribution >= 0.6 is 0 Å². The molecule has 0 aromatic rings. The summed E-state index contributed by atoms with van der Waals surface area (Å²) >= 11 is 0.